The van der Waals surface area contributed by atoms with Crippen molar-refractivity contribution in [2.45, 2.75) is 20.0 Å². The molecular weight excluding hydrogens is 366 g/mol. The number of aromatic nitrogens is 2. The van der Waals surface area contributed by atoms with Crippen LogP contribution in [0.25, 0.3) is 20.4 Å². The Hall–Kier alpha value is -2.35. The predicted octanol–water partition coefficient (Wildman–Crippen LogP) is 4.62. The zero-order valence-corrected chi connectivity index (χ0v) is 15.8. The van der Waals surface area contributed by atoms with Gasteiger partial charge >= 0.3 is 0 Å². The summed E-state index contributed by atoms with van der Waals surface area (Å²) in [6.07, 6.45) is 0.981. The highest BCUT2D eigenvalue weighted by atomic mass is 32.1. The van der Waals surface area contributed by atoms with Crippen LogP contribution in [-0.2, 0) is 22.6 Å². The lowest BCUT2D eigenvalue weighted by Gasteiger charge is -2.01. The molecule has 1 N–H and O–H groups in total. The molecule has 0 atom stereocenters. The fourth-order valence-corrected chi connectivity index (χ4v) is 4.46. The van der Waals surface area contributed by atoms with E-state index < -0.39 is 0 Å². The summed E-state index contributed by atoms with van der Waals surface area (Å²) in [4.78, 5) is 21.0. The fourth-order valence-electron chi connectivity index (χ4n) is 2.61. The number of para-hydroxylation sites is 1. The molecule has 1 amide bonds. The Labute approximate surface area is 158 Å². The number of nitrogens with one attached hydrogen (secondary N) is 1. The van der Waals surface area contributed by atoms with Crippen LogP contribution in [0.3, 0.4) is 0 Å². The Balaban J connectivity index is 1.33. The Bertz CT molecular complexity index is 1040. The minimum absolute atomic E-state index is 0.0218. The number of nitrogens with zero attached hydrogens (tertiary/aromatic N) is 2. The van der Waals surface area contributed by atoms with Crippen molar-refractivity contribution in [3.05, 3.63) is 53.0 Å². The molecule has 0 bridgehead atoms. The number of benzene rings is 2. The van der Waals surface area contributed by atoms with E-state index in [0.29, 0.717) is 11.7 Å². The first-order chi connectivity index (χ1) is 12.7. The van der Waals surface area contributed by atoms with Crippen molar-refractivity contribution in [1.82, 2.24) is 9.97 Å². The van der Waals surface area contributed by atoms with Gasteiger partial charge in [-0.3, -0.25) is 10.1 Å². The van der Waals surface area contributed by atoms with Crippen LogP contribution in [0.2, 0.25) is 0 Å². The lowest BCUT2D eigenvalue weighted by Crippen LogP contribution is -2.18. The van der Waals surface area contributed by atoms with E-state index in [0.717, 1.165) is 31.9 Å². The van der Waals surface area contributed by atoms with Crippen LogP contribution in [0.1, 0.15) is 17.5 Å². The monoisotopic (exact) mass is 383 g/mol. The summed E-state index contributed by atoms with van der Waals surface area (Å²) < 4.78 is 7.71. The first kappa shape index (κ1) is 17.1. The molecule has 0 aliphatic heterocycles. The van der Waals surface area contributed by atoms with Gasteiger partial charge in [0.05, 0.1) is 27.0 Å². The van der Waals surface area contributed by atoms with Gasteiger partial charge in [0, 0.05) is 0 Å². The molecule has 5 nitrogen and oxygen atoms in total. The van der Waals surface area contributed by atoms with Gasteiger partial charge in [0.1, 0.15) is 11.6 Å². The van der Waals surface area contributed by atoms with E-state index in [2.05, 4.69) is 34.3 Å². The number of carbonyl (C=O) groups excluding carboxylic acids is 1. The molecule has 2 aromatic heterocycles. The number of rotatable bonds is 6. The van der Waals surface area contributed by atoms with Gasteiger partial charge in [-0.2, -0.15) is 0 Å². The number of carbonyl (C=O) groups is 1. The summed E-state index contributed by atoms with van der Waals surface area (Å²) in [6, 6.07) is 14.1. The Kier molecular flexibility index (Phi) is 4.92. The van der Waals surface area contributed by atoms with Crippen molar-refractivity contribution < 1.29 is 9.53 Å². The molecule has 4 aromatic rings. The fraction of sp³-hybridized carbons (Fsp3) is 0.211. The smallest absolute Gasteiger partial charge is 0.252 e. The number of thiazole rings is 2. The molecule has 2 heterocycles. The van der Waals surface area contributed by atoms with Crippen LogP contribution in [0, 0.1) is 0 Å². The molecule has 0 saturated carbocycles. The molecule has 0 saturated heterocycles. The second-order valence-corrected chi connectivity index (χ2v) is 7.94. The molecule has 7 heteroatoms. The maximum Gasteiger partial charge on any atom is 0.252 e. The second-order valence-electron chi connectivity index (χ2n) is 5.79. The predicted molar refractivity (Wildman–Crippen MR) is 107 cm³/mol. The van der Waals surface area contributed by atoms with E-state index in [-0.39, 0.29) is 12.5 Å². The van der Waals surface area contributed by atoms with Crippen molar-refractivity contribution in [3.63, 3.8) is 0 Å². The highest BCUT2D eigenvalue weighted by Crippen LogP contribution is 2.27. The standard InChI is InChI=1S/C19H17N3O2S2/c1-2-12-7-8-14-16(9-12)26-19(21-14)22-17(23)10-24-11-18-20-13-5-3-4-6-15(13)25-18/h3-9H,2,10-11H2,1H3,(H,21,22,23). The van der Waals surface area contributed by atoms with Gasteiger partial charge in [-0.25, -0.2) is 9.97 Å². The third-order valence-corrected chi connectivity index (χ3v) is 5.85. The van der Waals surface area contributed by atoms with Crippen LogP contribution in [0.4, 0.5) is 5.13 Å². The highest BCUT2D eigenvalue weighted by Gasteiger charge is 2.09. The Morgan fingerprint density at radius 3 is 2.77 bits per heavy atom. The zero-order valence-electron chi connectivity index (χ0n) is 14.2. The SMILES string of the molecule is CCc1ccc2nc(NC(=O)COCc3nc4ccccc4s3)sc2c1. The molecule has 0 fully saturated rings. The number of ether oxygens (including phenoxy) is 1. The topological polar surface area (TPSA) is 64.1 Å². The average molecular weight is 383 g/mol. The third-order valence-electron chi connectivity index (χ3n) is 3.90. The van der Waals surface area contributed by atoms with Gasteiger partial charge in [-0.15, -0.1) is 11.3 Å². The summed E-state index contributed by atoms with van der Waals surface area (Å²) in [7, 11) is 0. The van der Waals surface area contributed by atoms with Crippen molar-refractivity contribution in [2.75, 3.05) is 11.9 Å². The molecule has 0 spiro atoms. The lowest BCUT2D eigenvalue weighted by atomic mass is 10.2. The van der Waals surface area contributed by atoms with E-state index in [1.54, 1.807) is 11.3 Å². The van der Waals surface area contributed by atoms with Crippen LogP contribution in [-0.4, -0.2) is 22.5 Å². The molecule has 4 rings (SSSR count). The molecule has 2 aromatic carbocycles. The van der Waals surface area contributed by atoms with Gasteiger partial charge < -0.3 is 4.74 Å². The van der Waals surface area contributed by atoms with Crippen molar-refractivity contribution >= 4 is 54.1 Å². The van der Waals surface area contributed by atoms with Gasteiger partial charge in [-0.1, -0.05) is 36.5 Å². The first-order valence-corrected chi connectivity index (χ1v) is 9.96. The van der Waals surface area contributed by atoms with Gasteiger partial charge in [0.25, 0.3) is 5.91 Å². The van der Waals surface area contributed by atoms with E-state index in [1.165, 1.54) is 16.9 Å². The summed E-state index contributed by atoms with van der Waals surface area (Å²) in [5, 5.41) is 4.27. The molecule has 0 aliphatic rings. The maximum absolute atomic E-state index is 12.1. The molecule has 0 unspecified atom stereocenters. The lowest BCUT2D eigenvalue weighted by molar-refractivity contribution is -0.121. The first-order valence-electron chi connectivity index (χ1n) is 8.33. The minimum Gasteiger partial charge on any atom is -0.364 e. The summed E-state index contributed by atoms with van der Waals surface area (Å²) >= 11 is 3.06. The molecule has 0 aliphatic carbocycles. The number of aryl methyl sites for hydroxylation is 1. The Morgan fingerprint density at radius 2 is 1.92 bits per heavy atom. The van der Waals surface area contributed by atoms with Gasteiger partial charge in [-0.05, 0) is 36.2 Å². The molecule has 26 heavy (non-hydrogen) atoms. The van der Waals surface area contributed by atoms with Crippen molar-refractivity contribution in [2.24, 2.45) is 0 Å². The third kappa shape index (κ3) is 3.75. The van der Waals surface area contributed by atoms with E-state index in [9.17, 15) is 4.79 Å². The minimum atomic E-state index is -0.208. The zero-order chi connectivity index (χ0) is 17.9. The number of hydrogen-bond donors (Lipinski definition) is 1. The number of amides is 1. The summed E-state index contributed by atoms with van der Waals surface area (Å²) in [6.45, 7) is 2.42. The quantitative estimate of drug-likeness (QED) is 0.527. The summed E-state index contributed by atoms with van der Waals surface area (Å²) in [5.74, 6) is -0.208. The molecule has 0 radical (unpaired) electrons. The highest BCUT2D eigenvalue weighted by molar-refractivity contribution is 7.22. The normalized spacial score (nSPS) is 11.3. The van der Waals surface area contributed by atoms with Crippen LogP contribution >= 0.6 is 22.7 Å². The van der Waals surface area contributed by atoms with Crippen LogP contribution < -0.4 is 5.32 Å². The van der Waals surface area contributed by atoms with E-state index >= 15 is 0 Å². The maximum atomic E-state index is 12.1. The average Bonchev–Trinajstić information content (AvgIpc) is 3.23. The van der Waals surface area contributed by atoms with Crippen LogP contribution in [0.15, 0.2) is 42.5 Å². The van der Waals surface area contributed by atoms with E-state index in [4.69, 9.17) is 4.74 Å². The van der Waals surface area contributed by atoms with Crippen molar-refractivity contribution in [1.29, 1.82) is 0 Å². The number of hydrogen-bond acceptors (Lipinski definition) is 6. The summed E-state index contributed by atoms with van der Waals surface area (Å²) in [5.41, 5.74) is 3.12. The van der Waals surface area contributed by atoms with Crippen molar-refractivity contribution in [3.8, 4) is 0 Å². The largest absolute Gasteiger partial charge is 0.364 e. The number of anilines is 1. The van der Waals surface area contributed by atoms with E-state index in [1.807, 2.05) is 30.3 Å². The molecular formula is C19H17N3O2S2. The van der Waals surface area contributed by atoms with Gasteiger partial charge in [0.15, 0.2) is 5.13 Å². The van der Waals surface area contributed by atoms with Crippen LogP contribution in [0.5, 0.6) is 0 Å². The second kappa shape index (κ2) is 7.49. The molecule has 132 valence electrons. The number of fused-ring (bicyclic) bond motifs is 2. The Morgan fingerprint density at radius 1 is 1.08 bits per heavy atom. The van der Waals surface area contributed by atoms with Gasteiger partial charge in [0.2, 0.25) is 0 Å².